The molecule has 0 radical (unpaired) electrons. The molecule has 2 rings (SSSR count). The molecule has 1 aromatic rings. The van der Waals surface area contributed by atoms with Gasteiger partial charge in [-0.1, -0.05) is 37.9 Å². The van der Waals surface area contributed by atoms with Crippen molar-refractivity contribution >= 4 is 23.1 Å². The van der Waals surface area contributed by atoms with Crippen LogP contribution in [0, 0.1) is 25.2 Å². The van der Waals surface area contributed by atoms with Crippen LogP contribution in [0.3, 0.4) is 0 Å². The van der Waals surface area contributed by atoms with Crippen LogP contribution in [0.5, 0.6) is 0 Å². The van der Waals surface area contributed by atoms with Crippen molar-refractivity contribution in [3.05, 3.63) is 39.6 Å². The summed E-state index contributed by atoms with van der Waals surface area (Å²) in [5.74, 6) is 1.11. The quantitative estimate of drug-likeness (QED) is 0.668. The van der Waals surface area contributed by atoms with Gasteiger partial charge in [0, 0.05) is 24.9 Å². The maximum Gasteiger partial charge on any atom is 0.130 e. The molecular formula is C21H32ClN3. The number of aryl methyl sites for hydroxylation is 2. The zero-order chi connectivity index (χ0) is 18.6. The van der Waals surface area contributed by atoms with E-state index in [2.05, 4.69) is 44.0 Å². The van der Waals surface area contributed by atoms with Crippen LogP contribution in [0.25, 0.3) is 0 Å². The van der Waals surface area contributed by atoms with Gasteiger partial charge in [0.25, 0.3) is 0 Å². The maximum atomic E-state index is 8.89. The van der Waals surface area contributed by atoms with E-state index in [0.717, 1.165) is 66.1 Å². The highest BCUT2D eigenvalue weighted by Crippen LogP contribution is 2.36. The first-order chi connectivity index (χ1) is 11.9. The highest BCUT2D eigenvalue weighted by atomic mass is 35.5. The fourth-order valence-corrected chi connectivity index (χ4v) is 4.47. The molecule has 0 amide bonds. The lowest BCUT2D eigenvalue weighted by molar-refractivity contribution is 0.502. The highest BCUT2D eigenvalue weighted by Gasteiger charge is 2.28. The van der Waals surface area contributed by atoms with Crippen molar-refractivity contribution in [2.24, 2.45) is 5.92 Å². The van der Waals surface area contributed by atoms with Crippen molar-refractivity contribution in [2.45, 2.75) is 59.8 Å². The number of nitrogens with one attached hydrogen (secondary N) is 2. The molecule has 1 saturated heterocycles. The second-order valence-electron chi connectivity index (χ2n) is 7.05. The fraction of sp³-hybridized carbons (Fsp3) is 0.571. The molecule has 1 fully saturated rings. The molecule has 1 aromatic carbocycles. The van der Waals surface area contributed by atoms with Crippen molar-refractivity contribution in [3.63, 3.8) is 0 Å². The minimum absolute atomic E-state index is 0.500. The van der Waals surface area contributed by atoms with E-state index in [1.165, 1.54) is 5.70 Å². The van der Waals surface area contributed by atoms with Gasteiger partial charge in [0.1, 0.15) is 5.84 Å². The number of nitrogens with zero attached hydrogens (tertiary/aromatic N) is 1. The smallest absolute Gasteiger partial charge is 0.130 e. The van der Waals surface area contributed by atoms with Crippen LogP contribution in [0.1, 0.15) is 57.1 Å². The van der Waals surface area contributed by atoms with Gasteiger partial charge in [0.15, 0.2) is 0 Å². The normalized spacial score (nSPS) is 18.3. The molecule has 2 N–H and O–H groups in total. The number of allylic oxidation sites excluding steroid dienone is 1. The van der Waals surface area contributed by atoms with E-state index in [1.807, 2.05) is 13.1 Å². The van der Waals surface area contributed by atoms with Gasteiger partial charge in [-0.25, -0.2) is 0 Å². The molecule has 1 heterocycles. The molecule has 0 aliphatic carbocycles. The molecule has 1 aliphatic rings. The Morgan fingerprint density at radius 2 is 2.04 bits per heavy atom. The van der Waals surface area contributed by atoms with Crippen LogP contribution < -0.4 is 10.2 Å². The molecule has 138 valence electrons. The topological polar surface area (TPSA) is 39.1 Å². The SMILES string of the molecule is CCCC(CC)/C(NC)=C1\CCCN(c2c(C)cc(C)cc2Cl)C1=N. The van der Waals surface area contributed by atoms with Gasteiger partial charge in [0.2, 0.25) is 0 Å². The predicted octanol–water partition coefficient (Wildman–Crippen LogP) is 5.83. The van der Waals surface area contributed by atoms with Crippen LogP contribution in [0.2, 0.25) is 5.02 Å². The highest BCUT2D eigenvalue weighted by molar-refractivity contribution is 6.34. The van der Waals surface area contributed by atoms with E-state index in [4.69, 9.17) is 17.0 Å². The minimum atomic E-state index is 0.500. The van der Waals surface area contributed by atoms with Gasteiger partial charge in [0.05, 0.1) is 10.7 Å². The van der Waals surface area contributed by atoms with Crippen molar-refractivity contribution in [2.75, 3.05) is 18.5 Å². The first kappa shape index (κ1) is 19.8. The van der Waals surface area contributed by atoms with Gasteiger partial charge >= 0.3 is 0 Å². The largest absolute Gasteiger partial charge is 0.391 e. The third-order valence-electron chi connectivity index (χ3n) is 5.17. The molecule has 0 aromatic heterocycles. The first-order valence-electron chi connectivity index (χ1n) is 9.48. The average molecular weight is 362 g/mol. The number of piperidine rings is 1. The monoisotopic (exact) mass is 361 g/mol. The number of rotatable bonds is 6. The van der Waals surface area contributed by atoms with Crippen molar-refractivity contribution in [1.82, 2.24) is 5.32 Å². The molecule has 0 spiro atoms. The van der Waals surface area contributed by atoms with Gasteiger partial charge < -0.3 is 10.2 Å². The van der Waals surface area contributed by atoms with Gasteiger partial charge in [-0.2, -0.15) is 0 Å². The molecule has 1 aliphatic heterocycles. The summed E-state index contributed by atoms with van der Waals surface area (Å²) in [5.41, 5.74) is 5.71. The Morgan fingerprint density at radius 1 is 1.32 bits per heavy atom. The van der Waals surface area contributed by atoms with Gasteiger partial charge in [-0.05, 0) is 62.6 Å². The molecule has 25 heavy (non-hydrogen) atoms. The Kier molecular flexibility index (Phi) is 6.95. The van der Waals surface area contributed by atoms with E-state index in [1.54, 1.807) is 0 Å². The van der Waals surface area contributed by atoms with Crippen LogP contribution in [-0.2, 0) is 0 Å². The fourth-order valence-electron chi connectivity index (χ4n) is 4.05. The third-order valence-corrected chi connectivity index (χ3v) is 5.45. The second kappa shape index (κ2) is 8.75. The third kappa shape index (κ3) is 4.20. The average Bonchev–Trinajstić information content (AvgIpc) is 2.56. The summed E-state index contributed by atoms with van der Waals surface area (Å²) in [4.78, 5) is 2.10. The maximum absolute atomic E-state index is 8.89. The summed E-state index contributed by atoms with van der Waals surface area (Å²) in [6, 6.07) is 4.15. The van der Waals surface area contributed by atoms with E-state index in [9.17, 15) is 0 Å². The molecule has 0 bridgehead atoms. The van der Waals surface area contributed by atoms with Crippen LogP contribution >= 0.6 is 11.6 Å². The predicted molar refractivity (Wildman–Crippen MR) is 110 cm³/mol. The standard InChI is InChI=1S/C21H32ClN3/c1-6-9-16(7-2)19(24-5)17-10-8-11-25(21(17)23)20-15(4)12-14(3)13-18(20)22/h12-13,16,23-24H,6-11H2,1-5H3/b19-17-,23-21?. The summed E-state index contributed by atoms with van der Waals surface area (Å²) in [6.45, 7) is 9.47. The van der Waals surface area contributed by atoms with Crippen LogP contribution in [0.4, 0.5) is 5.69 Å². The van der Waals surface area contributed by atoms with Gasteiger partial charge in [-0.15, -0.1) is 0 Å². The molecule has 4 heteroatoms. The van der Waals surface area contributed by atoms with Crippen molar-refractivity contribution < 1.29 is 0 Å². The second-order valence-corrected chi connectivity index (χ2v) is 7.46. The number of benzene rings is 1. The summed E-state index contributed by atoms with van der Waals surface area (Å²) in [6.07, 6.45) is 5.44. The molecule has 0 saturated carbocycles. The lowest BCUT2D eigenvalue weighted by Crippen LogP contribution is -2.39. The lowest BCUT2D eigenvalue weighted by Gasteiger charge is -2.35. The molecule has 1 unspecified atom stereocenters. The summed E-state index contributed by atoms with van der Waals surface area (Å²) < 4.78 is 0. The van der Waals surface area contributed by atoms with Crippen molar-refractivity contribution in [1.29, 1.82) is 5.41 Å². The van der Waals surface area contributed by atoms with E-state index in [0.29, 0.717) is 11.8 Å². The molecular weight excluding hydrogens is 330 g/mol. The van der Waals surface area contributed by atoms with Crippen LogP contribution in [-0.4, -0.2) is 19.4 Å². The lowest BCUT2D eigenvalue weighted by atomic mass is 9.89. The summed E-state index contributed by atoms with van der Waals surface area (Å²) >= 11 is 6.56. The molecule has 1 atom stereocenters. The Morgan fingerprint density at radius 3 is 2.60 bits per heavy atom. The van der Waals surface area contributed by atoms with Crippen molar-refractivity contribution in [3.8, 4) is 0 Å². The molecule has 3 nitrogen and oxygen atoms in total. The van der Waals surface area contributed by atoms with E-state index < -0.39 is 0 Å². The first-order valence-corrected chi connectivity index (χ1v) is 9.86. The van der Waals surface area contributed by atoms with E-state index >= 15 is 0 Å². The Bertz CT molecular complexity index is 640. The number of hydrogen-bond donors (Lipinski definition) is 2. The number of amidine groups is 1. The minimum Gasteiger partial charge on any atom is -0.391 e. The number of hydrogen-bond acceptors (Lipinski definition) is 2. The zero-order valence-corrected chi connectivity index (χ0v) is 17.1. The summed E-state index contributed by atoms with van der Waals surface area (Å²) in [5, 5.41) is 13.1. The van der Waals surface area contributed by atoms with Crippen LogP contribution in [0.15, 0.2) is 23.4 Å². The summed E-state index contributed by atoms with van der Waals surface area (Å²) in [7, 11) is 2.00. The Balaban J connectivity index is 2.46. The Labute approximate surface area is 158 Å². The number of anilines is 1. The number of halogens is 1. The van der Waals surface area contributed by atoms with E-state index in [-0.39, 0.29) is 0 Å². The Hall–Kier alpha value is -1.48. The van der Waals surface area contributed by atoms with Gasteiger partial charge in [-0.3, -0.25) is 5.41 Å². The zero-order valence-electron chi connectivity index (χ0n) is 16.3.